The number of halogens is 2. The van der Waals surface area contributed by atoms with Crippen molar-refractivity contribution in [3.63, 3.8) is 0 Å². The van der Waals surface area contributed by atoms with Gasteiger partial charge < -0.3 is 9.72 Å². The molecule has 0 bridgehead atoms. The van der Waals surface area contributed by atoms with Crippen LogP contribution in [-0.4, -0.2) is 20.3 Å². The third-order valence-corrected chi connectivity index (χ3v) is 3.84. The lowest BCUT2D eigenvalue weighted by atomic mass is 10.2. The highest BCUT2D eigenvalue weighted by Gasteiger charge is 2.15. The molecule has 26 heavy (non-hydrogen) atoms. The van der Waals surface area contributed by atoms with Gasteiger partial charge in [0.05, 0.1) is 11.4 Å². The molecule has 0 saturated heterocycles. The zero-order chi connectivity index (χ0) is 18.1. The summed E-state index contributed by atoms with van der Waals surface area (Å²) in [5, 5.41) is 2.33. The van der Waals surface area contributed by atoms with Gasteiger partial charge in [-0.05, 0) is 36.4 Å². The minimum absolute atomic E-state index is 0.0897. The van der Waals surface area contributed by atoms with E-state index in [1.165, 1.54) is 18.3 Å². The lowest BCUT2D eigenvalue weighted by Crippen LogP contribution is -2.13. The molecule has 5 nitrogen and oxygen atoms in total. The minimum Gasteiger partial charge on any atom is -0.318 e. The van der Waals surface area contributed by atoms with Crippen LogP contribution in [-0.2, 0) is 0 Å². The van der Waals surface area contributed by atoms with Crippen LogP contribution < -0.4 is 5.32 Å². The van der Waals surface area contributed by atoms with E-state index in [2.05, 4.69) is 15.3 Å². The molecule has 0 unspecified atom stereocenters. The average molecular weight is 350 g/mol. The van der Waals surface area contributed by atoms with Gasteiger partial charge in [-0.1, -0.05) is 12.1 Å². The predicted molar refractivity (Wildman–Crippen MR) is 92.7 cm³/mol. The smallest absolute Gasteiger partial charge is 0.275 e. The summed E-state index contributed by atoms with van der Waals surface area (Å²) >= 11 is 0. The van der Waals surface area contributed by atoms with E-state index >= 15 is 0 Å². The summed E-state index contributed by atoms with van der Waals surface area (Å²) < 4.78 is 28.6. The van der Waals surface area contributed by atoms with E-state index in [9.17, 15) is 13.6 Å². The molecular formula is C19H12F2N4O. The quantitative estimate of drug-likeness (QED) is 0.609. The maximum absolute atomic E-state index is 13.7. The van der Waals surface area contributed by atoms with E-state index in [1.54, 1.807) is 22.9 Å². The van der Waals surface area contributed by atoms with Gasteiger partial charge in [-0.2, -0.15) is 0 Å². The lowest BCUT2D eigenvalue weighted by Gasteiger charge is -2.04. The fourth-order valence-corrected chi connectivity index (χ4v) is 2.57. The largest absolute Gasteiger partial charge is 0.318 e. The van der Waals surface area contributed by atoms with E-state index in [4.69, 9.17) is 0 Å². The molecule has 0 aliphatic heterocycles. The van der Waals surface area contributed by atoms with Crippen molar-refractivity contribution in [3.05, 3.63) is 84.4 Å². The second-order valence-electron chi connectivity index (χ2n) is 5.58. The van der Waals surface area contributed by atoms with Crippen molar-refractivity contribution >= 4 is 17.2 Å². The molecule has 0 spiro atoms. The Labute approximate surface area is 147 Å². The number of aromatic nitrogens is 3. The number of pyridine rings is 2. The van der Waals surface area contributed by atoms with Crippen LogP contribution in [0, 0.1) is 11.6 Å². The number of amides is 1. The van der Waals surface area contributed by atoms with Crippen LogP contribution >= 0.6 is 0 Å². The van der Waals surface area contributed by atoms with Crippen LogP contribution in [0.4, 0.5) is 14.5 Å². The van der Waals surface area contributed by atoms with Crippen LogP contribution in [0.5, 0.6) is 0 Å². The minimum atomic E-state index is -1.11. The Bertz CT molecular complexity index is 1110. The van der Waals surface area contributed by atoms with E-state index in [-0.39, 0.29) is 11.4 Å². The van der Waals surface area contributed by atoms with Gasteiger partial charge in [-0.15, -0.1) is 0 Å². The number of hydrogen-bond acceptors (Lipinski definition) is 3. The Morgan fingerprint density at radius 2 is 1.88 bits per heavy atom. The van der Waals surface area contributed by atoms with Crippen molar-refractivity contribution in [3.8, 4) is 11.3 Å². The molecule has 0 fully saturated rings. The summed E-state index contributed by atoms with van der Waals surface area (Å²) in [5.41, 5.74) is 2.05. The fraction of sp³-hybridized carbons (Fsp3) is 0. The zero-order valence-electron chi connectivity index (χ0n) is 13.4. The van der Waals surface area contributed by atoms with Crippen LogP contribution in [0.1, 0.15) is 10.5 Å². The highest BCUT2D eigenvalue weighted by molar-refractivity contribution is 6.03. The van der Waals surface area contributed by atoms with Gasteiger partial charge in [-0.25, -0.2) is 13.8 Å². The number of hydrogen-bond donors (Lipinski definition) is 1. The van der Waals surface area contributed by atoms with Gasteiger partial charge >= 0.3 is 0 Å². The number of imidazole rings is 1. The number of benzene rings is 1. The molecular weight excluding hydrogens is 338 g/mol. The van der Waals surface area contributed by atoms with E-state index < -0.39 is 17.5 Å². The first-order valence-corrected chi connectivity index (χ1v) is 7.77. The molecule has 1 N–H and O–H groups in total. The topological polar surface area (TPSA) is 59.3 Å². The van der Waals surface area contributed by atoms with Crippen LogP contribution in [0.3, 0.4) is 0 Å². The van der Waals surface area contributed by atoms with Gasteiger partial charge in [0.25, 0.3) is 5.91 Å². The molecule has 4 rings (SSSR count). The van der Waals surface area contributed by atoms with Gasteiger partial charge in [0.2, 0.25) is 0 Å². The fourth-order valence-electron chi connectivity index (χ4n) is 2.57. The number of rotatable bonds is 3. The maximum Gasteiger partial charge on any atom is 0.275 e. The van der Waals surface area contributed by atoms with Gasteiger partial charge in [-0.3, -0.25) is 9.78 Å². The van der Waals surface area contributed by atoms with Crippen LogP contribution in [0.15, 0.2) is 67.1 Å². The summed E-state index contributed by atoms with van der Waals surface area (Å²) in [7, 11) is 0. The molecule has 4 aromatic rings. The van der Waals surface area contributed by atoms with Crippen molar-refractivity contribution in [1.29, 1.82) is 0 Å². The molecule has 3 aromatic heterocycles. The first kappa shape index (κ1) is 15.9. The Kier molecular flexibility index (Phi) is 3.89. The van der Waals surface area contributed by atoms with Gasteiger partial charge in [0, 0.05) is 24.2 Å². The van der Waals surface area contributed by atoms with Crippen LogP contribution in [0.2, 0.25) is 0 Å². The number of nitrogens with zero attached hydrogens (tertiary/aromatic N) is 3. The highest BCUT2D eigenvalue weighted by Crippen LogP contribution is 2.20. The first-order chi connectivity index (χ1) is 12.6. The number of carbonyl (C=O) groups excluding carboxylic acids is 1. The zero-order valence-corrected chi connectivity index (χ0v) is 13.4. The lowest BCUT2D eigenvalue weighted by molar-refractivity contribution is 0.102. The van der Waals surface area contributed by atoms with Crippen molar-refractivity contribution in [2.24, 2.45) is 0 Å². The molecule has 0 radical (unpaired) electrons. The molecule has 1 amide bonds. The molecule has 0 atom stereocenters. The Hall–Kier alpha value is -3.61. The normalized spacial score (nSPS) is 10.8. The predicted octanol–water partition coefficient (Wildman–Crippen LogP) is 3.93. The number of anilines is 1. The Balaban J connectivity index is 1.65. The average Bonchev–Trinajstić information content (AvgIpc) is 3.09. The summed E-state index contributed by atoms with van der Waals surface area (Å²) in [4.78, 5) is 20.8. The summed E-state index contributed by atoms with van der Waals surface area (Å²) in [6.45, 7) is 0. The van der Waals surface area contributed by atoms with Crippen molar-refractivity contribution in [1.82, 2.24) is 14.4 Å². The van der Waals surface area contributed by atoms with Gasteiger partial charge in [0.15, 0.2) is 11.6 Å². The van der Waals surface area contributed by atoms with Crippen molar-refractivity contribution < 1.29 is 13.6 Å². The van der Waals surface area contributed by atoms with Crippen molar-refractivity contribution in [2.45, 2.75) is 0 Å². The van der Waals surface area contributed by atoms with Gasteiger partial charge in [0.1, 0.15) is 11.3 Å². The molecule has 0 aliphatic carbocycles. The van der Waals surface area contributed by atoms with Crippen molar-refractivity contribution in [2.75, 3.05) is 5.32 Å². The Morgan fingerprint density at radius 1 is 1.00 bits per heavy atom. The van der Waals surface area contributed by atoms with E-state index in [0.29, 0.717) is 5.65 Å². The SMILES string of the molecule is O=C(Nc1cccc(F)c1F)c1cn2cc(-c3ccccn3)ccc2n1. The highest BCUT2D eigenvalue weighted by atomic mass is 19.2. The third-order valence-electron chi connectivity index (χ3n) is 3.84. The molecule has 0 saturated carbocycles. The second-order valence-corrected chi connectivity index (χ2v) is 5.58. The standard InChI is InChI=1S/C19H12F2N4O/c20-13-4-3-6-15(18(13)21)24-19(26)16-11-25-10-12(7-8-17(25)23-16)14-5-1-2-9-22-14/h1-11H,(H,24,26). The Morgan fingerprint density at radius 3 is 2.69 bits per heavy atom. The molecule has 1 aromatic carbocycles. The third kappa shape index (κ3) is 2.90. The molecule has 0 aliphatic rings. The number of nitrogens with one attached hydrogen (secondary N) is 1. The van der Waals surface area contributed by atoms with E-state index in [1.807, 2.05) is 24.3 Å². The second kappa shape index (κ2) is 6.36. The molecule has 128 valence electrons. The number of fused-ring (bicyclic) bond motifs is 1. The summed E-state index contributed by atoms with van der Waals surface area (Å²) in [5.74, 6) is -2.77. The monoisotopic (exact) mass is 350 g/mol. The molecule has 3 heterocycles. The van der Waals surface area contributed by atoms with Crippen LogP contribution in [0.25, 0.3) is 16.9 Å². The molecule has 7 heteroatoms. The summed E-state index contributed by atoms with van der Waals surface area (Å²) in [6, 6.07) is 12.8. The number of carbonyl (C=O) groups is 1. The first-order valence-electron chi connectivity index (χ1n) is 7.77. The van der Waals surface area contributed by atoms with E-state index in [0.717, 1.165) is 17.3 Å². The maximum atomic E-state index is 13.7. The summed E-state index contributed by atoms with van der Waals surface area (Å²) in [6.07, 6.45) is 5.01.